The molecular formula is C22H22ClNO6. The minimum Gasteiger partial charge on any atom is -0.493 e. The van der Waals surface area contributed by atoms with Crippen LogP contribution in [0.4, 0.5) is 0 Å². The van der Waals surface area contributed by atoms with Gasteiger partial charge in [-0.3, -0.25) is 9.59 Å². The summed E-state index contributed by atoms with van der Waals surface area (Å²) in [5.41, 5.74) is 1.81. The number of methoxy groups -OCH3 is 3. The molecule has 1 aliphatic rings. The van der Waals surface area contributed by atoms with Gasteiger partial charge in [0.25, 0.3) is 5.91 Å². The number of benzene rings is 2. The molecule has 0 spiro atoms. The summed E-state index contributed by atoms with van der Waals surface area (Å²) in [4.78, 5) is 24.9. The molecule has 0 bridgehead atoms. The molecule has 0 unspecified atom stereocenters. The second kappa shape index (κ2) is 9.54. The molecule has 0 radical (unpaired) electrons. The SMILES string of the molecule is COC(=O)C[C@H](NC(=O)C1=Cc2cc(Cl)ccc2OC1)c1ccc(OC)c(OC)c1. The number of amides is 1. The summed E-state index contributed by atoms with van der Waals surface area (Å²) in [6, 6.07) is 9.76. The summed E-state index contributed by atoms with van der Waals surface area (Å²) in [5, 5.41) is 3.43. The molecule has 0 fully saturated rings. The van der Waals surface area contributed by atoms with Gasteiger partial charge in [-0.05, 0) is 42.0 Å². The van der Waals surface area contributed by atoms with E-state index in [1.807, 2.05) is 0 Å². The van der Waals surface area contributed by atoms with Gasteiger partial charge in [0.15, 0.2) is 11.5 Å². The van der Waals surface area contributed by atoms with Crippen molar-refractivity contribution in [2.24, 2.45) is 0 Å². The Kier molecular flexibility index (Phi) is 6.84. The molecule has 0 aliphatic carbocycles. The summed E-state index contributed by atoms with van der Waals surface area (Å²) in [6.45, 7) is 0.108. The molecule has 0 aromatic heterocycles. The van der Waals surface area contributed by atoms with E-state index in [1.54, 1.807) is 42.5 Å². The van der Waals surface area contributed by atoms with Gasteiger partial charge in [-0.2, -0.15) is 0 Å². The fourth-order valence-electron chi connectivity index (χ4n) is 3.10. The number of hydrogen-bond acceptors (Lipinski definition) is 6. The molecular weight excluding hydrogens is 410 g/mol. The summed E-state index contributed by atoms with van der Waals surface area (Å²) < 4.78 is 21.0. The monoisotopic (exact) mass is 431 g/mol. The third kappa shape index (κ3) is 4.86. The molecule has 3 rings (SSSR count). The van der Waals surface area contributed by atoms with Crippen LogP contribution >= 0.6 is 11.6 Å². The molecule has 1 aliphatic heterocycles. The number of rotatable bonds is 7. The van der Waals surface area contributed by atoms with E-state index in [9.17, 15) is 9.59 Å². The van der Waals surface area contributed by atoms with E-state index in [0.717, 1.165) is 5.56 Å². The van der Waals surface area contributed by atoms with Gasteiger partial charge >= 0.3 is 5.97 Å². The van der Waals surface area contributed by atoms with Gasteiger partial charge < -0.3 is 24.3 Å². The van der Waals surface area contributed by atoms with Crippen molar-refractivity contribution in [3.63, 3.8) is 0 Å². The van der Waals surface area contributed by atoms with Crippen LogP contribution in [0.5, 0.6) is 17.2 Å². The topological polar surface area (TPSA) is 83.1 Å². The van der Waals surface area contributed by atoms with Crippen LogP contribution in [0.15, 0.2) is 42.0 Å². The molecule has 2 aromatic carbocycles. The second-order valence-electron chi connectivity index (χ2n) is 6.56. The van der Waals surface area contributed by atoms with Crippen molar-refractivity contribution < 1.29 is 28.5 Å². The molecule has 0 saturated heterocycles. The van der Waals surface area contributed by atoms with Crippen molar-refractivity contribution in [1.82, 2.24) is 5.32 Å². The standard InChI is InChI=1S/C22H22ClNO6/c1-27-19-6-4-13(10-20(19)28-2)17(11-21(25)29-3)24-22(26)15-8-14-9-16(23)5-7-18(14)30-12-15/h4-10,17H,11-12H2,1-3H3,(H,24,26)/t17-/m0/s1. The lowest BCUT2D eigenvalue weighted by Crippen LogP contribution is -2.33. The zero-order chi connectivity index (χ0) is 21.7. The molecule has 8 heteroatoms. The molecule has 30 heavy (non-hydrogen) atoms. The number of hydrogen-bond donors (Lipinski definition) is 1. The Morgan fingerprint density at radius 1 is 1.10 bits per heavy atom. The van der Waals surface area contributed by atoms with Crippen LogP contribution in [-0.4, -0.2) is 39.8 Å². The number of esters is 1. The first-order valence-electron chi connectivity index (χ1n) is 9.17. The van der Waals surface area contributed by atoms with Crippen molar-refractivity contribution >= 4 is 29.6 Å². The number of fused-ring (bicyclic) bond motifs is 1. The fourth-order valence-corrected chi connectivity index (χ4v) is 3.28. The molecule has 0 saturated carbocycles. The van der Waals surface area contributed by atoms with Gasteiger partial charge in [-0.1, -0.05) is 17.7 Å². The van der Waals surface area contributed by atoms with Crippen molar-refractivity contribution in [2.45, 2.75) is 12.5 Å². The maximum absolute atomic E-state index is 12.9. The quantitative estimate of drug-likeness (QED) is 0.675. The normalized spacial score (nSPS) is 13.3. The Morgan fingerprint density at radius 3 is 2.57 bits per heavy atom. The number of halogens is 1. The first kappa shape index (κ1) is 21.5. The van der Waals surface area contributed by atoms with Gasteiger partial charge in [0.1, 0.15) is 12.4 Å². The molecule has 7 nitrogen and oxygen atoms in total. The predicted molar refractivity (Wildman–Crippen MR) is 112 cm³/mol. The maximum atomic E-state index is 12.9. The molecule has 1 heterocycles. The van der Waals surface area contributed by atoms with Crippen molar-refractivity contribution in [3.8, 4) is 17.2 Å². The highest BCUT2D eigenvalue weighted by atomic mass is 35.5. The molecule has 1 N–H and O–H groups in total. The lowest BCUT2D eigenvalue weighted by atomic mass is 10.0. The fraction of sp³-hybridized carbons (Fsp3) is 0.273. The highest BCUT2D eigenvalue weighted by molar-refractivity contribution is 6.30. The van der Waals surface area contributed by atoms with Gasteiger partial charge in [0.05, 0.1) is 39.4 Å². The third-order valence-electron chi connectivity index (χ3n) is 4.69. The maximum Gasteiger partial charge on any atom is 0.307 e. The van der Waals surface area contributed by atoms with Gasteiger partial charge in [-0.25, -0.2) is 0 Å². The molecule has 2 aromatic rings. The van der Waals surface area contributed by atoms with Crippen LogP contribution in [-0.2, 0) is 14.3 Å². The van der Waals surface area contributed by atoms with Crippen LogP contribution < -0.4 is 19.5 Å². The largest absolute Gasteiger partial charge is 0.493 e. The summed E-state index contributed by atoms with van der Waals surface area (Å²) in [5.74, 6) is 0.872. The average Bonchev–Trinajstić information content (AvgIpc) is 2.77. The first-order valence-corrected chi connectivity index (χ1v) is 9.55. The van der Waals surface area contributed by atoms with E-state index in [-0.39, 0.29) is 18.9 Å². The third-order valence-corrected chi connectivity index (χ3v) is 4.93. The average molecular weight is 432 g/mol. The van der Waals surface area contributed by atoms with Crippen molar-refractivity contribution in [3.05, 3.63) is 58.1 Å². The Bertz CT molecular complexity index is 988. The van der Waals surface area contributed by atoms with E-state index < -0.39 is 12.0 Å². The van der Waals surface area contributed by atoms with Gasteiger partial charge in [0, 0.05) is 10.6 Å². The summed E-state index contributed by atoms with van der Waals surface area (Å²) >= 11 is 6.04. The van der Waals surface area contributed by atoms with E-state index in [1.165, 1.54) is 21.3 Å². The van der Waals surface area contributed by atoms with E-state index in [2.05, 4.69) is 5.32 Å². The number of ether oxygens (including phenoxy) is 4. The lowest BCUT2D eigenvalue weighted by Gasteiger charge is -2.22. The Labute approximate surface area is 179 Å². The Morgan fingerprint density at radius 2 is 1.87 bits per heavy atom. The smallest absolute Gasteiger partial charge is 0.307 e. The number of nitrogens with one attached hydrogen (secondary N) is 1. The van der Waals surface area contributed by atoms with Gasteiger partial charge in [-0.15, -0.1) is 0 Å². The van der Waals surface area contributed by atoms with Crippen LogP contribution in [0.3, 0.4) is 0 Å². The van der Waals surface area contributed by atoms with Crippen LogP contribution in [0.1, 0.15) is 23.6 Å². The highest BCUT2D eigenvalue weighted by Crippen LogP contribution is 2.32. The summed E-state index contributed by atoms with van der Waals surface area (Å²) in [7, 11) is 4.35. The van der Waals surface area contributed by atoms with Crippen LogP contribution in [0.2, 0.25) is 5.02 Å². The van der Waals surface area contributed by atoms with Crippen molar-refractivity contribution in [2.75, 3.05) is 27.9 Å². The number of carbonyl (C=O) groups is 2. The van der Waals surface area contributed by atoms with E-state index >= 15 is 0 Å². The second-order valence-corrected chi connectivity index (χ2v) is 7.00. The van der Waals surface area contributed by atoms with Gasteiger partial charge in [0.2, 0.25) is 0 Å². The van der Waals surface area contributed by atoms with Crippen LogP contribution in [0.25, 0.3) is 6.08 Å². The molecule has 1 atom stereocenters. The molecule has 1 amide bonds. The first-order chi connectivity index (χ1) is 14.4. The van der Waals surface area contributed by atoms with E-state index in [4.69, 9.17) is 30.5 Å². The summed E-state index contributed by atoms with van der Waals surface area (Å²) in [6.07, 6.45) is 1.68. The zero-order valence-electron chi connectivity index (χ0n) is 16.9. The van der Waals surface area contributed by atoms with Crippen LogP contribution in [0, 0.1) is 0 Å². The minimum atomic E-state index is -0.633. The van der Waals surface area contributed by atoms with E-state index in [0.29, 0.717) is 33.4 Å². The Balaban J connectivity index is 1.87. The minimum absolute atomic E-state index is 0.0473. The predicted octanol–water partition coefficient (Wildman–Crippen LogP) is 3.55. The Hall–Kier alpha value is -3.19. The lowest BCUT2D eigenvalue weighted by molar-refractivity contribution is -0.141. The number of carbonyl (C=O) groups excluding carboxylic acids is 2. The highest BCUT2D eigenvalue weighted by Gasteiger charge is 2.24. The van der Waals surface area contributed by atoms with Crippen molar-refractivity contribution in [1.29, 1.82) is 0 Å². The zero-order valence-corrected chi connectivity index (χ0v) is 17.6. The molecule has 158 valence electrons.